The van der Waals surface area contributed by atoms with E-state index in [4.69, 9.17) is 37.5 Å². The van der Waals surface area contributed by atoms with Crippen molar-refractivity contribution in [3.63, 3.8) is 0 Å². The number of methoxy groups -OCH3 is 1. The second-order valence-corrected chi connectivity index (χ2v) is 4.17. The number of hydrogen-bond acceptors (Lipinski definition) is 5. The van der Waals surface area contributed by atoms with Crippen LogP contribution in [-0.2, 0) is 9.57 Å². The van der Waals surface area contributed by atoms with Gasteiger partial charge >= 0.3 is 5.97 Å². The van der Waals surface area contributed by atoms with E-state index in [9.17, 15) is 4.79 Å². The van der Waals surface area contributed by atoms with Crippen LogP contribution < -0.4 is 4.74 Å². The molecule has 0 aliphatic carbocycles. The highest BCUT2D eigenvalue weighted by atomic mass is 35.5. The number of oxime groups is 1. The standard InChI is InChI=1S/C12H13Cl2NO4/c1-4-18-7(2)15-19-12(16)10-8(13)5-6-9(14)11(10)17-3/h5-6H,4H2,1-3H3. The minimum atomic E-state index is -0.775. The fourth-order valence-electron chi connectivity index (χ4n) is 1.31. The summed E-state index contributed by atoms with van der Waals surface area (Å²) in [4.78, 5) is 16.6. The third-order valence-corrected chi connectivity index (χ3v) is 2.69. The van der Waals surface area contributed by atoms with Crippen LogP contribution in [0.1, 0.15) is 24.2 Å². The minimum Gasteiger partial charge on any atom is -0.494 e. The molecule has 0 atom stereocenters. The van der Waals surface area contributed by atoms with Crippen LogP contribution in [0.2, 0.25) is 10.0 Å². The monoisotopic (exact) mass is 305 g/mol. The fraction of sp³-hybridized carbons (Fsp3) is 0.333. The first kappa shape index (κ1) is 15.6. The van der Waals surface area contributed by atoms with Crippen molar-refractivity contribution in [2.24, 2.45) is 5.16 Å². The number of carbonyl (C=O) groups is 1. The molecule has 1 rings (SSSR count). The van der Waals surface area contributed by atoms with Gasteiger partial charge in [0, 0.05) is 6.92 Å². The molecule has 0 heterocycles. The van der Waals surface area contributed by atoms with Gasteiger partial charge in [-0.2, -0.15) is 0 Å². The van der Waals surface area contributed by atoms with Crippen LogP contribution in [0.25, 0.3) is 0 Å². The Labute approximate surface area is 121 Å². The Bertz CT molecular complexity index is 503. The second kappa shape index (κ2) is 7.21. The number of halogens is 2. The molecule has 0 radical (unpaired) electrons. The largest absolute Gasteiger partial charge is 0.494 e. The van der Waals surface area contributed by atoms with Crippen molar-refractivity contribution >= 4 is 35.1 Å². The molecule has 0 unspecified atom stereocenters. The zero-order valence-electron chi connectivity index (χ0n) is 10.7. The van der Waals surface area contributed by atoms with Crippen molar-refractivity contribution in [2.45, 2.75) is 13.8 Å². The summed E-state index contributed by atoms with van der Waals surface area (Å²) in [5.41, 5.74) is 0.0183. The zero-order valence-corrected chi connectivity index (χ0v) is 12.2. The van der Waals surface area contributed by atoms with E-state index in [2.05, 4.69) is 5.16 Å². The lowest BCUT2D eigenvalue weighted by Gasteiger charge is -2.09. The average Bonchev–Trinajstić information content (AvgIpc) is 2.38. The Kier molecular flexibility index (Phi) is 5.92. The third-order valence-electron chi connectivity index (χ3n) is 2.08. The molecule has 1 aromatic rings. The van der Waals surface area contributed by atoms with Gasteiger partial charge in [-0.25, -0.2) is 4.79 Å². The van der Waals surface area contributed by atoms with Gasteiger partial charge in [-0.05, 0) is 24.2 Å². The van der Waals surface area contributed by atoms with Crippen LogP contribution >= 0.6 is 23.2 Å². The van der Waals surface area contributed by atoms with E-state index in [0.717, 1.165) is 0 Å². The molecule has 5 nitrogen and oxygen atoms in total. The van der Waals surface area contributed by atoms with E-state index < -0.39 is 5.97 Å². The highest BCUT2D eigenvalue weighted by Crippen LogP contribution is 2.34. The summed E-state index contributed by atoms with van der Waals surface area (Å²) in [6.45, 7) is 3.78. The van der Waals surface area contributed by atoms with Crippen LogP contribution in [0.3, 0.4) is 0 Å². The molecular formula is C12H13Cl2NO4. The maximum atomic E-state index is 11.9. The van der Waals surface area contributed by atoms with Crippen molar-refractivity contribution in [1.82, 2.24) is 0 Å². The van der Waals surface area contributed by atoms with Gasteiger partial charge in [-0.15, -0.1) is 0 Å². The van der Waals surface area contributed by atoms with Gasteiger partial charge in [-0.3, -0.25) is 0 Å². The van der Waals surface area contributed by atoms with Crippen molar-refractivity contribution in [3.05, 3.63) is 27.7 Å². The summed E-state index contributed by atoms with van der Waals surface area (Å²) < 4.78 is 10.1. The molecule has 0 aliphatic heterocycles. The van der Waals surface area contributed by atoms with Gasteiger partial charge in [0.2, 0.25) is 5.90 Å². The Hall–Kier alpha value is -1.46. The van der Waals surface area contributed by atoms with Gasteiger partial charge in [0.1, 0.15) is 5.56 Å². The normalized spacial score (nSPS) is 11.1. The van der Waals surface area contributed by atoms with Crippen molar-refractivity contribution in [2.75, 3.05) is 13.7 Å². The van der Waals surface area contributed by atoms with Crippen LogP contribution in [-0.4, -0.2) is 25.6 Å². The third kappa shape index (κ3) is 4.01. The quantitative estimate of drug-likeness (QED) is 0.369. The molecule has 0 amide bonds. The molecule has 0 bridgehead atoms. The lowest BCUT2D eigenvalue weighted by atomic mass is 10.2. The SMILES string of the molecule is CCOC(C)=NOC(=O)c1c(Cl)ccc(Cl)c1OC. The molecule has 0 fully saturated rings. The molecule has 0 spiro atoms. The topological polar surface area (TPSA) is 57.1 Å². The maximum absolute atomic E-state index is 11.9. The molecular weight excluding hydrogens is 293 g/mol. The fourth-order valence-corrected chi connectivity index (χ4v) is 1.77. The Morgan fingerprint density at radius 2 is 1.95 bits per heavy atom. The van der Waals surface area contributed by atoms with E-state index in [1.165, 1.54) is 19.2 Å². The van der Waals surface area contributed by atoms with E-state index in [1.807, 2.05) is 0 Å². The number of carbonyl (C=O) groups excluding carboxylic acids is 1. The number of rotatable bonds is 4. The molecule has 0 aromatic heterocycles. The number of hydrogen-bond donors (Lipinski definition) is 0. The number of benzene rings is 1. The Balaban J connectivity index is 3.00. The number of nitrogens with zero attached hydrogens (tertiary/aromatic N) is 1. The summed E-state index contributed by atoms with van der Waals surface area (Å²) in [5, 5.41) is 3.94. The maximum Gasteiger partial charge on any atom is 0.371 e. The summed E-state index contributed by atoms with van der Waals surface area (Å²) in [6, 6.07) is 3.00. The van der Waals surface area contributed by atoms with Gasteiger partial charge in [0.15, 0.2) is 5.75 Å². The molecule has 0 aliphatic rings. The molecule has 104 valence electrons. The van der Waals surface area contributed by atoms with Crippen molar-refractivity contribution in [3.8, 4) is 5.75 Å². The molecule has 0 N–H and O–H groups in total. The lowest BCUT2D eigenvalue weighted by Crippen LogP contribution is -2.08. The molecule has 0 saturated carbocycles. The first-order valence-electron chi connectivity index (χ1n) is 5.42. The number of ether oxygens (including phenoxy) is 2. The van der Waals surface area contributed by atoms with Gasteiger partial charge in [-0.1, -0.05) is 23.2 Å². The summed E-state index contributed by atoms with van der Waals surface area (Å²) in [7, 11) is 1.38. The average molecular weight is 306 g/mol. The summed E-state index contributed by atoms with van der Waals surface area (Å²) in [6.07, 6.45) is 0. The summed E-state index contributed by atoms with van der Waals surface area (Å²) >= 11 is 11.8. The molecule has 1 aromatic carbocycles. The van der Waals surface area contributed by atoms with Gasteiger partial charge < -0.3 is 14.3 Å². The van der Waals surface area contributed by atoms with Crippen LogP contribution in [0, 0.1) is 0 Å². The predicted molar refractivity (Wildman–Crippen MR) is 73.2 cm³/mol. The van der Waals surface area contributed by atoms with Crippen LogP contribution in [0.15, 0.2) is 17.3 Å². The Morgan fingerprint density at radius 3 is 2.53 bits per heavy atom. The van der Waals surface area contributed by atoms with E-state index in [-0.39, 0.29) is 27.3 Å². The van der Waals surface area contributed by atoms with E-state index in [1.54, 1.807) is 13.8 Å². The molecule has 7 heteroatoms. The van der Waals surface area contributed by atoms with E-state index >= 15 is 0 Å². The molecule has 0 saturated heterocycles. The predicted octanol–water partition coefficient (Wildman–Crippen LogP) is 3.53. The van der Waals surface area contributed by atoms with Crippen LogP contribution in [0.4, 0.5) is 0 Å². The van der Waals surface area contributed by atoms with Crippen molar-refractivity contribution < 1.29 is 19.1 Å². The first-order chi connectivity index (χ1) is 9.01. The summed E-state index contributed by atoms with van der Waals surface area (Å²) in [5.74, 6) is -0.403. The Morgan fingerprint density at radius 1 is 1.32 bits per heavy atom. The minimum absolute atomic E-state index is 0.0183. The van der Waals surface area contributed by atoms with Gasteiger partial charge in [0.05, 0.1) is 23.8 Å². The van der Waals surface area contributed by atoms with Crippen molar-refractivity contribution in [1.29, 1.82) is 0 Å². The second-order valence-electron chi connectivity index (χ2n) is 3.36. The smallest absolute Gasteiger partial charge is 0.371 e. The molecule has 19 heavy (non-hydrogen) atoms. The van der Waals surface area contributed by atoms with E-state index in [0.29, 0.717) is 6.61 Å². The first-order valence-corrected chi connectivity index (χ1v) is 6.17. The zero-order chi connectivity index (χ0) is 14.4. The highest BCUT2D eigenvalue weighted by Gasteiger charge is 2.21. The highest BCUT2D eigenvalue weighted by molar-refractivity contribution is 6.37. The lowest BCUT2D eigenvalue weighted by molar-refractivity contribution is 0.0497. The van der Waals surface area contributed by atoms with Crippen LogP contribution in [0.5, 0.6) is 5.75 Å². The van der Waals surface area contributed by atoms with Gasteiger partial charge in [0.25, 0.3) is 0 Å².